The zero-order chi connectivity index (χ0) is 30.2. The number of carbonyl (C=O) groups is 3. The van der Waals surface area contributed by atoms with Crippen molar-refractivity contribution in [1.82, 2.24) is 4.98 Å². The van der Waals surface area contributed by atoms with Crippen LogP contribution in [0.1, 0.15) is 106 Å². The largest absolute Gasteiger partial charge is 0.515 e. The van der Waals surface area contributed by atoms with Crippen LogP contribution in [-0.4, -0.2) is 42.7 Å². The van der Waals surface area contributed by atoms with Crippen LogP contribution in [0.2, 0.25) is 0 Å². The molecule has 0 amide bonds. The Hall–Kier alpha value is -3.81. The lowest BCUT2D eigenvalue weighted by atomic mass is 9.96. The summed E-state index contributed by atoms with van der Waals surface area (Å²) in [5.74, 6) is 0.216. The third kappa shape index (κ3) is 10.2. The molecule has 3 aromatic rings. The standard InChI is InChI=1S/C34H45NO7/c1-4-7-8-9-10-11-12-13-14-18-29(36)32-31-26(16-15-17-28(31)35-33(32)42-34(38)40-6-3)23-25-19-21-27(22-20-25)41-24-30(37)39-5-2/h15-17,19-22,35H,4-14,18,23-24H2,1-3H3. The van der Waals surface area contributed by atoms with Crippen LogP contribution < -0.4 is 9.47 Å². The molecule has 1 N–H and O–H groups in total. The molecule has 0 radical (unpaired) electrons. The van der Waals surface area contributed by atoms with E-state index in [0.717, 1.165) is 41.3 Å². The maximum absolute atomic E-state index is 13.6. The predicted octanol–water partition coefficient (Wildman–Crippen LogP) is 8.34. The average molecular weight is 580 g/mol. The number of esters is 1. The van der Waals surface area contributed by atoms with E-state index in [1.807, 2.05) is 30.3 Å². The van der Waals surface area contributed by atoms with E-state index in [1.54, 1.807) is 26.0 Å². The zero-order valence-electron chi connectivity index (χ0n) is 25.3. The summed E-state index contributed by atoms with van der Waals surface area (Å²) in [4.78, 5) is 40.5. The van der Waals surface area contributed by atoms with Gasteiger partial charge in [0.25, 0.3) is 0 Å². The molecular formula is C34H45NO7. The molecule has 8 nitrogen and oxygen atoms in total. The van der Waals surface area contributed by atoms with E-state index in [-0.39, 0.29) is 24.9 Å². The third-order valence-electron chi connectivity index (χ3n) is 7.09. The number of fused-ring (bicyclic) bond motifs is 1. The second-order valence-electron chi connectivity index (χ2n) is 10.4. The molecule has 0 atom stereocenters. The van der Waals surface area contributed by atoms with Crippen LogP contribution in [0.5, 0.6) is 11.6 Å². The lowest BCUT2D eigenvalue weighted by molar-refractivity contribution is -0.145. The van der Waals surface area contributed by atoms with Crippen molar-refractivity contribution >= 4 is 28.8 Å². The second-order valence-corrected chi connectivity index (χ2v) is 10.4. The number of H-pyrrole nitrogens is 1. The number of aromatic amines is 1. The molecule has 0 saturated carbocycles. The SMILES string of the molecule is CCCCCCCCCCCC(=O)c1c(OC(=O)OCC)[nH]c2cccc(Cc3ccc(OCC(=O)OCC)cc3)c12. The van der Waals surface area contributed by atoms with E-state index >= 15 is 0 Å². The summed E-state index contributed by atoms with van der Waals surface area (Å²) in [7, 11) is 0. The van der Waals surface area contributed by atoms with Crippen LogP contribution in [0.15, 0.2) is 42.5 Å². The molecule has 8 heteroatoms. The average Bonchev–Trinajstić information content (AvgIpc) is 3.35. The van der Waals surface area contributed by atoms with Crippen LogP contribution in [0.25, 0.3) is 10.9 Å². The van der Waals surface area contributed by atoms with Crippen LogP contribution >= 0.6 is 0 Å². The Morgan fingerprint density at radius 1 is 0.762 bits per heavy atom. The van der Waals surface area contributed by atoms with Crippen LogP contribution in [0.3, 0.4) is 0 Å². The minimum absolute atomic E-state index is 0.0568. The number of nitrogens with one attached hydrogen (secondary N) is 1. The van der Waals surface area contributed by atoms with Crippen molar-refractivity contribution in [1.29, 1.82) is 0 Å². The van der Waals surface area contributed by atoms with E-state index < -0.39 is 12.1 Å². The van der Waals surface area contributed by atoms with Crippen molar-refractivity contribution in [3.63, 3.8) is 0 Å². The predicted molar refractivity (Wildman–Crippen MR) is 163 cm³/mol. The molecule has 0 aliphatic carbocycles. The Kier molecular flexibility index (Phi) is 13.9. The fourth-order valence-electron chi connectivity index (χ4n) is 5.01. The Morgan fingerprint density at radius 3 is 2.10 bits per heavy atom. The highest BCUT2D eigenvalue weighted by molar-refractivity contribution is 6.11. The molecule has 1 aromatic heterocycles. The third-order valence-corrected chi connectivity index (χ3v) is 7.09. The summed E-state index contributed by atoms with van der Waals surface area (Å²) in [6, 6.07) is 13.2. The van der Waals surface area contributed by atoms with Crippen molar-refractivity contribution in [3.05, 3.63) is 59.2 Å². The number of benzene rings is 2. The summed E-state index contributed by atoms with van der Waals surface area (Å²) >= 11 is 0. The van der Waals surface area contributed by atoms with Gasteiger partial charge in [0.2, 0.25) is 5.88 Å². The summed E-state index contributed by atoms with van der Waals surface area (Å²) in [6.45, 7) is 6.01. The molecule has 42 heavy (non-hydrogen) atoms. The van der Waals surface area contributed by atoms with Gasteiger partial charge in [-0.25, -0.2) is 9.59 Å². The first-order valence-corrected chi connectivity index (χ1v) is 15.3. The molecule has 2 aromatic carbocycles. The molecule has 0 unspecified atom stereocenters. The lowest BCUT2D eigenvalue weighted by Gasteiger charge is -2.09. The van der Waals surface area contributed by atoms with E-state index in [9.17, 15) is 14.4 Å². The van der Waals surface area contributed by atoms with Crippen molar-refractivity contribution in [3.8, 4) is 11.6 Å². The molecule has 228 valence electrons. The number of ether oxygens (including phenoxy) is 4. The number of Topliss-reactive ketones (excluding diaryl/α,β-unsaturated/α-hetero) is 1. The molecule has 0 spiro atoms. The summed E-state index contributed by atoms with van der Waals surface area (Å²) in [6.07, 6.45) is 10.5. The fourth-order valence-corrected chi connectivity index (χ4v) is 5.01. The number of hydrogen-bond donors (Lipinski definition) is 1. The molecule has 3 rings (SSSR count). The Morgan fingerprint density at radius 2 is 1.43 bits per heavy atom. The van der Waals surface area contributed by atoms with Gasteiger partial charge in [-0.1, -0.05) is 82.6 Å². The van der Waals surface area contributed by atoms with Gasteiger partial charge < -0.3 is 23.9 Å². The maximum atomic E-state index is 13.6. The highest BCUT2D eigenvalue weighted by Gasteiger charge is 2.24. The van der Waals surface area contributed by atoms with Gasteiger partial charge in [-0.15, -0.1) is 0 Å². The van der Waals surface area contributed by atoms with Crippen molar-refractivity contribution < 1.29 is 33.3 Å². The van der Waals surface area contributed by atoms with Gasteiger partial charge in [0.15, 0.2) is 12.4 Å². The van der Waals surface area contributed by atoms with Crippen molar-refractivity contribution in [2.75, 3.05) is 19.8 Å². The van der Waals surface area contributed by atoms with E-state index in [2.05, 4.69) is 11.9 Å². The number of unbranched alkanes of at least 4 members (excludes halogenated alkanes) is 8. The second kappa shape index (κ2) is 17.9. The van der Waals surface area contributed by atoms with Crippen molar-refractivity contribution in [2.24, 2.45) is 0 Å². The quantitative estimate of drug-likeness (QED) is 0.0864. The van der Waals surface area contributed by atoms with Crippen molar-refractivity contribution in [2.45, 2.75) is 91.4 Å². The zero-order valence-corrected chi connectivity index (χ0v) is 25.3. The molecule has 0 aliphatic rings. The molecule has 0 bridgehead atoms. The summed E-state index contributed by atoms with van der Waals surface area (Å²) < 4.78 is 20.9. The molecule has 1 heterocycles. The number of rotatable bonds is 19. The van der Waals surface area contributed by atoms with Gasteiger partial charge in [-0.2, -0.15) is 0 Å². The van der Waals surface area contributed by atoms with Crippen LogP contribution in [-0.2, 0) is 20.7 Å². The first kappa shape index (κ1) is 32.7. The Balaban J connectivity index is 1.74. The van der Waals surface area contributed by atoms with Gasteiger partial charge in [-0.05, 0) is 56.0 Å². The Labute approximate surface area is 249 Å². The highest BCUT2D eigenvalue weighted by atomic mass is 16.7. The summed E-state index contributed by atoms with van der Waals surface area (Å²) in [5.41, 5.74) is 3.04. The van der Waals surface area contributed by atoms with E-state index in [1.165, 1.54) is 38.5 Å². The monoisotopic (exact) mass is 579 g/mol. The molecule has 0 aliphatic heterocycles. The molecule has 0 saturated heterocycles. The number of ketones is 1. The topological polar surface area (TPSA) is 104 Å². The number of aromatic nitrogens is 1. The normalized spacial score (nSPS) is 10.9. The first-order valence-electron chi connectivity index (χ1n) is 15.3. The number of carbonyl (C=O) groups excluding carboxylic acids is 3. The minimum Gasteiger partial charge on any atom is -0.482 e. The maximum Gasteiger partial charge on any atom is 0.515 e. The van der Waals surface area contributed by atoms with Gasteiger partial charge in [0.1, 0.15) is 5.75 Å². The van der Waals surface area contributed by atoms with Gasteiger partial charge in [-0.3, -0.25) is 4.79 Å². The van der Waals surface area contributed by atoms with Gasteiger partial charge in [0.05, 0.1) is 18.8 Å². The fraction of sp³-hybridized carbons (Fsp3) is 0.500. The van der Waals surface area contributed by atoms with Gasteiger partial charge in [0, 0.05) is 17.3 Å². The minimum atomic E-state index is -0.846. The van der Waals surface area contributed by atoms with Crippen LogP contribution in [0.4, 0.5) is 4.79 Å². The first-order chi connectivity index (χ1) is 20.5. The van der Waals surface area contributed by atoms with E-state index in [4.69, 9.17) is 18.9 Å². The van der Waals surface area contributed by atoms with Gasteiger partial charge >= 0.3 is 12.1 Å². The highest BCUT2D eigenvalue weighted by Crippen LogP contribution is 2.34. The lowest BCUT2D eigenvalue weighted by Crippen LogP contribution is -2.14. The van der Waals surface area contributed by atoms with Crippen LogP contribution in [0, 0.1) is 0 Å². The Bertz CT molecular complexity index is 1280. The molecule has 0 fully saturated rings. The summed E-state index contributed by atoms with van der Waals surface area (Å²) in [5, 5.41) is 0.750. The van der Waals surface area contributed by atoms with E-state index in [0.29, 0.717) is 30.8 Å². The smallest absolute Gasteiger partial charge is 0.482 e. The molecular weight excluding hydrogens is 534 g/mol. The number of hydrogen-bond acceptors (Lipinski definition) is 7.